The molecule has 0 unspecified atom stereocenters. The molecule has 0 fully saturated rings. The van der Waals surface area contributed by atoms with Crippen LogP contribution in [-0.2, 0) is 0 Å². The van der Waals surface area contributed by atoms with E-state index in [2.05, 4.69) is 17.2 Å². The fraction of sp³-hybridized carbons (Fsp3) is 0.400. The van der Waals surface area contributed by atoms with Crippen molar-refractivity contribution in [1.29, 1.82) is 0 Å². The van der Waals surface area contributed by atoms with Gasteiger partial charge in [0.25, 0.3) is 5.91 Å². The molecule has 0 radical (unpaired) electrons. The van der Waals surface area contributed by atoms with E-state index in [0.29, 0.717) is 18.7 Å². The number of rotatable bonds is 10. The Labute approximate surface area is 155 Å². The van der Waals surface area contributed by atoms with Gasteiger partial charge in [-0.2, -0.15) is 0 Å². The Bertz CT molecular complexity index is 689. The molecule has 1 aromatic carbocycles. The molecule has 1 aromatic heterocycles. The van der Waals surface area contributed by atoms with Crippen molar-refractivity contribution < 1.29 is 14.3 Å². The maximum absolute atomic E-state index is 12.4. The zero-order valence-electron chi connectivity index (χ0n) is 15.7. The zero-order valence-corrected chi connectivity index (χ0v) is 15.7. The highest BCUT2D eigenvalue weighted by Crippen LogP contribution is 2.17. The molecule has 0 aliphatic carbocycles. The topological polar surface area (TPSA) is 63.7 Å². The molecule has 1 heterocycles. The first kappa shape index (κ1) is 19.6. The molecule has 0 saturated carbocycles. The number of anilines is 1. The summed E-state index contributed by atoms with van der Waals surface area (Å²) in [4.78, 5) is 18.3. The number of carbonyl (C=O) groups is 1. The van der Waals surface area contributed by atoms with Gasteiger partial charge in [-0.25, -0.2) is 0 Å². The first-order valence-corrected chi connectivity index (χ1v) is 8.85. The molecule has 26 heavy (non-hydrogen) atoms. The molecule has 2 rings (SSSR count). The molecule has 0 atom stereocenters. The van der Waals surface area contributed by atoms with Crippen LogP contribution in [0.1, 0.15) is 30.1 Å². The third-order valence-corrected chi connectivity index (χ3v) is 3.94. The van der Waals surface area contributed by atoms with E-state index in [9.17, 15) is 4.79 Å². The van der Waals surface area contributed by atoms with Gasteiger partial charge in [0.05, 0.1) is 18.4 Å². The largest absolute Gasteiger partial charge is 0.497 e. The van der Waals surface area contributed by atoms with Crippen molar-refractivity contribution >= 4 is 11.6 Å². The third kappa shape index (κ3) is 5.95. The second-order valence-corrected chi connectivity index (χ2v) is 5.99. The summed E-state index contributed by atoms with van der Waals surface area (Å²) >= 11 is 0. The van der Waals surface area contributed by atoms with E-state index in [-0.39, 0.29) is 5.91 Å². The summed E-state index contributed by atoms with van der Waals surface area (Å²) in [6.45, 7) is 3.97. The number of amides is 1. The predicted molar refractivity (Wildman–Crippen MR) is 103 cm³/mol. The summed E-state index contributed by atoms with van der Waals surface area (Å²) in [7, 11) is 3.45. The number of benzene rings is 1. The fourth-order valence-electron chi connectivity index (χ4n) is 2.41. The molecule has 0 aliphatic rings. The molecule has 0 bridgehead atoms. The van der Waals surface area contributed by atoms with Gasteiger partial charge in [0.2, 0.25) is 0 Å². The van der Waals surface area contributed by atoms with Crippen LogP contribution in [0.2, 0.25) is 0 Å². The van der Waals surface area contributed by atoms with Gasteiger partial charge in [0.15, 0.2) is 0 Å². The van der Waals surface area contributed by atoms with Crippen LogP contribution in [0.4, 0.5) is 5.69 Å². The van der Waals surface area contributed by atoms with Crippen LogP contribution in [-0.4, -0.2) is 49.6 Å². The zero-order chi connectivity index (χ0) is 18.8. The van der Waals surface area contributed by atoms with Gasteiger partial charge >= 0.3 is 0 Å². The monoisotopic (exact) mass is 357 g/mol. The summed E-state index contributed by atoms with van der Waals surface area (Å²) in [6, 6.07) is 9.27. The maximum atomic E-state index is 12.4. The van der Waals surface area contributed by atoms with E-state index in [1.165, 1.54) is 0 Å². The normalized spacial score (nSPS) is 10.3. The van der Waals surface area contributed by atoms with Gasteiger partial charge in [-0.15, -0.1) is 0 Å². The van der Waals surface area contributed by atoms with Crippen LogP contribution in [0.3, 0.4) is 0 Å². The molecule has 1 N–H and O–H groups in total. The smallest absolute Gasteiger partial charge is 0.255 e. The number of aromatic nitrogens is 1. The third-order valence-electron chi connectivity index (χ3n) is 3.94. The van der Waals surface area contributed by atoms with Gasteiger partial charge in [-0.05, 0) is 36.8 Å². The van der Waals surface area contributed by atoms with Crippen LogP contribution >= 0.6 is 0 Å². The van der Waals surface area contributed by atoms with E-state index in [1.807, 2.05) is 37.4 Å². The molecule has 140 valence electrons. The lowest BCUT2D eigenvalue weighted by Gasteiger charge is -2.17. The van der Waals surface area contributed by atoms with Crippen LogP contribution in [0.5, 0.6) is 11.5 Å². The minimum Gasteiger partial charge on any atom is -0.497 e. The summed E-state index contributed by atoms with van der Waals surface area (Å²) in [5, 5.41) is 3.23. The highest BCUT2D eigenvalue weighted by atomic mass is 16.5. The Morgan fingerprint density at radius 3 is 2.62 bits per heavy atom. The molecule has 6 nitrogen and oxygen atoms in total. The number of nitrogens with one attached hydrogen (secondary N) is 1. The Morgan fingerprint density at radius 2 is 1.92 bits per heavy atom. The van der Waals surface area contributed by atoms with Crippen LogP contribution in [0, 0.1) is 0 Å². The van der Waals surface area contributed by atoms with E-state index >= 15 is 0 Å². The first-order valence-electron chi connectivity index (χ1n) is 8.85. The van der Waals surface area contributed by atoms with Crippen molar-refractivity contribution in [3.63, 3.8) is 0 Å². The number of hydrogen-bond acceptors (Lipinski definition) is 5. The molecule has 0 spiro atoms. The number of unbranched alkanes of at least 4 members (excludes halogenated alkanes) is 1. The SMILES string of the molecule is CCCCN(C)C(=O)c1cncc(NCCOc2ccc(OC)cc2)c1. The van der Waals surface area contributed by atoms with Crippen molar-refractivity contribution in [1.82, 2.24) is 9.88 Å². The standard InChI is InChI=1S/C20H27N3O3/c1-4-5-11-23(2)20(24)16-13-17(15-21-14-16)22-10-12-26-19-8-6-18(25-3)7-9-19/h6-9,13-15,22H,4-5,10-12H2,1-3H3. The van der Waals surface area contributed by atoms with Gasteiger partial charge in [0.1, 0.15) is 18.1 Å². The second kappa shape index (κ2) is 10.3. The summed E-state index contributed by atoms with van der Waals surface area (Å²) in [6.07, 6.45) is 5.36. The van der Waals surface area contributed by atoms with Gasteiger partial charge in [0, 0.05) is 32.5 Å². The molecular weight excluding hydrogens is 330 g/mol. The fourth-order valence-corrected chi connectivity index (χ4v) is 2.41. The summed E-state index contributed by atoms with van der Waals surface area (Å²) in [5.74, 6) is 1.57. The van der Waals surface area contributed by atoms with Gasteiger partial charge < -0.3 is 19.7 Å². The van der Waals surface area contributed by atoms with Crippen molar-refractivity contribution in [2.24, 2.45) is 0 Å². The number of ether oxygens (including phenoxy) is 2. The quantitative estimate of drug-likeness (QED) is 0.660. The molecule has 6 heteroatoms. The molecule has 1 amide bonds. The van der Waals surface area contributed by atoms with Crippen molar-refractivity contribution in [2.45, 2.75) is 19.8 Å². The van der Waals surface area contributed by atoms with Crippen LogP contribution in [0.15, 0.2) is 42.7 Å². The lowest BCUT2D eigenvalue weighted by atomic mass is 10.2. The minimum atomic E-state index is -0.0101. The molecule has 2 aromatic rings. The number of methoxy groups -OCH3 is 1. The highest BCUT2D eigenvalue weighted by molar-refractivity contribution is 5.94. The maximum Gasteiger partial charge on any atom is 0.255 e. The highest BCUT2D eigenvalue weighted by Gasteiger charge is 2.12. The predicted octanol–water partition coefficient (Wildman–Crippen LogP) is 3.45. The molecule has 0 aliphatic heterocycles. The first-order chi connectivity index (χ1) is 12.6. The van der Waals surface area contributed by atoms with Gasteiger partial charge in [-0.3, -0.25) is 9.78 Å². The van der Waals surface area contributed by atoms with Gasteiger partial charge in [-0.1, -0.05) is 13.3 Å². The number of carbonyl (C=O) groups excluding carboxylic acids is 1. The average molecular weight is 357 g/mol. The average Bonchev–Trinajstić information content (AvgIpc) is 2.69. The Morgan fingerprint density at radius 1 is 1.19 bits per heavy atom. The lowest BCUT2D eigenvalue weighted by Crippen LogP contribution is -2.27. The summed E-state index contributed by atoms with van der Waals surface area (Å²) < 4.78 is 10.8. The number of nitrogens with zero attached hydrogens (tertiary/aromatic N) is 2. The number of pyridine rings is 1. The second-order valence-electron chi connectivity index (χ2n) is 5.99. The van der Waals surface area contributed by atoms with E-state index in [4.69, 9.17) is 9.47 Å². The van der Waals surface area contributed by atoms with E-state index < -0.39 is 0 Å². The van der Waals surface area contributed by atoms with Crippen molar-refractivity contribution in [3.8, 4) is 11.5 Å². The lowest BCUT2D eigenvalue weighted by molar-refractivity contribution is 0.0793. The van der Waals surface area contributed by atoms with Crippen molar-refractivity contribution in [2.75, 3.05) is 39.2 Å². The van der Waals surface area contributed by atoms with E-state index in [0.717, 1.165) is 36.6 Å². The van der Waals surface area contributed by atoms with Crippen molar-refractivity contribution in [3.05, 3.63) is 48.3 Å². The number of hydrogen-bond donors (Lipinski definition) is 1. The molecule has 0 saturated heterocycles. The molecular formula is C20H27N3O3. The Balaban J connectivity index is 1.81. The minimum absolute atomic E-state index is 0.0101. The summed E-state index contributed by atoms with van der Waals surface area (Å²) in [5.41, 5.74) is 1.39. The Hall–Kier alpha value is -2.76. The van der Waals surface area contributed by atoms with Crippen LogP contribution < -0.4 is 14.8 Å². The Kier molecular flexibility index (Phi) is 7.74. The van der Waals surface area contributed by atoms with Crippen LogP contribution in [0.25, 0.3) is 0 Å². The van der Waals surface area contributed by atoms with E-state index in [1.54, 1.807) is 24.4 Å².